The van der Waals surface area contributed by atoms with Gasteiger partial charge < -0.3 is 4.90 Å². The maximum atomic E-state index is 12.8. The number of carbonyl (C=O) groups is 1. The molecule has 1 aliphatic heterocycles. The smallest absolute Gasteiger partial charge is 0.252 e. The van der Waals surface area contributed by atoms with E-state index in [1.807, 2.05) is 26.8 Å². The van der Waals surface area contributed by atoms with E-state index in [9.17, 15) is 13.2 Å². The summed E-state index contributed by atoms with van der Waals surface area (Å²) < 4.78 is 27.4. The minimum Gasteiger partial charge on any atom is -0.339 e. The Kier molecular flexibility index (Phi) is 6.22. The Morgan fingerprint density at radius 3 is 2.71 bits per heavy atom. The molecular weight excluding hydrogens is 344 g/mol. The Morgan fingerprint density at radius 1 is 1.46 bits per heavy atom. The van der Waals surface area contributed by atoms with Crippen LogP contribution in [-0.2, 0) is 14.8 Å². The van der Waals surface area contributed by atoms with Gasteiger partial charge >= 0.3 is 0 Å². The molecule has 1 amide bonds. The van der Waals surface area contributed by atoms with Crippen LogP contribution in [0, 0.1) is 12.8 Å². The van der Waals surface area contributed by atoms with Crippen molar-refractivity contribution in [2.24, 2.45) is 5.92 Å². The van der Waals surface area contributed by atoms with Crippen LogP contribution in [0.4, 0.5) is 0 Å². The van der Waals surface area contributed by atoms with E-state index in [1.54, 1.807) is 11.0 Å². The van der Waals surface area contributed by atoms with Crippen molar-refractivity contribution in [2.75, 3.05) is 26.2 Å². The summed E-state index contributed by atoms with van der Waals surface area (Å²) in [5, 5.41) is 0. The summed E-state index contributed by atoms with van der Waals surface area (Å²) in [6, 6.07) is 3.47. The van der Waals surface area contributed by atoms with Gasteiger partial charge in [-0.1, -0.05) is 12.2 Å². The Labute approximate surface area is 149 Å². The molecule has 0 aliphatic carbocycles. The van der Waals surface area contributed by atoms with Gasteiger partial charge in [0.15, 0.2) is 0 Å². The monoisotopic (exact) mass is 370 g/mol. The van der Waals surface area contributed by atoms with Gasteiger partial charge in [0.05, 0.1) is 5.92 Å². The Bertz CT molecular complexity index is 709. The van der Waals surface area contributed by atoms with Crippen molar-refractivity contribution >= 4 is 27.3 Å². The number of sulfonamides is 1. The number of amides is 1. The van der Waals surface area contributed by atoms with Crippen LogP contribution in [0.2, 0.25) is 0 Å². The van der Waals surface area contributed by atoms with E-state index in [0.717, 1.165) is 16.9 Å². The minimum atomic E-state index is -3.50. The van der Waals surface area contributed by atoms with E-state index >= 15 is 0 Å². The molecule has 2 rings (SSSR count). The zero-order valence-corrected chi connectivity index (χ0v) is 16.3. The first kappa shape index (κ1) is 19.1. The summed E-state index contributed by atoms with van der Waals surface area (Å²) in [7, 11) is -3.50. The number of nitrogens with zero attached hydrogens (tertiary/aromatic N) is 2. The van der Waals surface area contributed by atoms with Crippen molar-refractivity contribution in [3.63, 3.8) is 0 Å². The highest BCUT2D eigenvalue weighted by molar-refractivity contribution is 7.91. The molecule has 1 aromatic rings. The largest absolute Gasteiger partial charge is 0.339 e. The average molecular weight is 371 g/mol. The van der Waals surface area contributed by atoms with Crippen LogP contribution in [0.25, 0.3) is 0 Å². The molecule has 1 atom stereocenters. The van der Waals surface area contributed by atoms with Crippen LogP contribution in [0.3, 0.4) is 0 Å². The number of likely N-dealkylation sites (N-methyl/N-ethyl adjacent to an activating group) is 1. The maximum absolute atomic E-state index is 12.8. The lowest BCUT2D eigenvalue weighted by Crippen LogP contribution is -2.46. The molecule has 1 unspecified atom stereocenters. The zero-order chi connectivity index (χ0) is 17.9. The van der Waals surface area contributed by atoms with Crippen molar-refractivity contribution in [1.29, 1.82) is 0 Å². The molecule has 1 aliphatic rings. The summed E-state index contributed by atoms with van der Waals surface area (Å²) in [4.78, 5) is 15.5. The van der Waals surface area contributed by atoms with Gasteiger partial charge in [0.1, 0.15) is 4.21 Å². The van der Waals surface area contributed by atoms with Crippen molar-refractivity contribution in [3.8, 4) is 0 Å². The predicted octanol–water partition coefficient (Wildman–Crippen LogP) is 2.88. The molecule has 0 bridgehead atoms. The topological polar surface area (TPSA) is 57.7 Å². The molecule has 1 aromatic heterocycles. The number of rotatable bonds is 6. The van der Waals surface area contributed by atoms with Crippen LogP contribution < -0.4 is 0 Å². The first-order chi connectivity index (χ1) is 11.3. The lowest BCUT2D eigenvalue weighted by molar-refractivity contribution is -0.136. The fourth-order valence-corrected chi connectivity index (χ4v) is 5.93. The molecule has 2 heterocycles. The van der Waals surface area contributed by atoms with Gasteiger partial charge in [-0.3, -0.25) is 4.79 Å². The number of thiophene rings is 1. The first-order valence-electron chi connectivity index (χ1n) is 8.25. The maximum Gasteiger partial charge on any atom is 0.252 e. The van der Waals surface area contributed by atoms with Crippen molar-refractivity contribution < 1.29 is 13.2 Å². The molecular formula is C17H26N2O3S2. The molecule has 0 spiro atoms. The van der Waals surface area contributed by atoms with Gasteiger partial charge in [-0.2, -0.15) is 4.31 Å². The number of carbonyl (C=O) groups excluding carboxylic acids is 1. The molecule has 0 aromatic carbocycles. The van der Waals surface area contributed by atoms with Gasteiger partial charge in [0.25, 0.3) is 10.0 Å². The number of piperidine rings is 1. The third-order valence-corrected chi connectivity index (χ3v) is 7.53. The van der Waals surface area contributed by atoms with Gasteiger partial charge in [-0.25, -0.2) is 8.42 Å². The molecule has 134 valence electrons. The van der Waals surface area contributed by atoms with E-state index in [4.69, 9.17) is 0 Å². The van der Waals surface area contributed by atoms with Crippen molar-refractivity contribution in [1.82, 2.24) is 9.21 Å². The van der Waals surface area contributed by atoms with Crippen LogP contribution in [0.5, 0.6) is 0 Å². The molecule has 24 heavy (non-hydrogen) atoms. The molecule has 1 fully saturated rings. The Hall–Kier alpha value is -1.18. The highest BCUT2D eigenvalue weighted by Crippen LogP contribution is 2.28. The quantitative estimate of drug-likeness (QED) is 0.724. The summed E-state index contributed by atoms with van der Waals surface area (Å²) >= 11 is 1.28. The third kappa shape index (κ3) is 4.26. The highest BCUT2D eigenvalue weighted by Gasteiger charge is 2.35. The van der Waals surface area contributed by atoms with Crippen LogP contribution >= 0.6 is 11.3 Å². The summed E-state index contributed by atoms with van der Waals surface area (Å²) in [5.41, 5.74) is 0.930. The normalized spacial score (nSPS) is 19.2. The fourth-order valence-electron chi connectivity index (χ4n) is 2.97. The van der Waals surface area contributed by atoms with Crippen LogP contribution in [-0.4, -0.2) is 49.7 Å². The van der Waals surface area contributed by atoms with E-state index in [-0.39, 0.29) is 18.4 Å². The van der Waals surface area contributed by atoms with E-state index < -0.39 is 10.0 Å². The molecule has 7 heteroatoms. The predicted molar refractivity (Wildman–Crippen MR) is 97.6 cm³/mol. The average Bonchev–Trinajstić information content (AvgIpc) is 2.99. The van der Waals surface area contributed by atoms with Crippen molar-refractivity contribution in [3.05, 3.63) is 29.2 Å². The lowest BCUT2D eigenvalue weighted by Gasteiger charge is -2.34. The molecule has 1 saturated heterocycles. The van der Waals surface area contributed by atoms with E-state index in [2.05, 4.69) is 6.58 Å². The number of hydrogen-bond acceptors (Lipinski definition) is 4. The first-order valence-corrected chi connectivity index (χ1v) is 10.5. The number of aryl methyl sites for hydroxylation is 1. The van der Waals surface area contributed by atoms with E-state index in [1.165, 1.54) is 15.6 Å². The van der Waals surface area contributed by atoms with Gasteiger partial charge in [-0.15, -0.1) is 11.3 Å². The fraction of sp³-hybridized carbons (Fsp3) is 0.588. The van der Waals surface area contributed by atoms with Gasteiger partial charge in [-0.05, 0) is 45.7 Å². The van der Waals surface area contributed by atoms with Crippen LogP contribution in [0.1, 0.15) is 31.6 Å². The molecule has 0 saturated carbocycles. The summed E-state index contributed by atoms with van der Waals surface area (Å²) in [6.45, 7) is 11.5. The van der Waals surface area contributed by atoms with Gasteiger partial charge in [0.2, 0.25) is 5.91 Å². The summed E-state index contributed by atoms with van der Waals surface area (Å²) in [5.74, 6) is -0.239. The lowest BCUT2D eigenvalue weighted by atomic mass is 9.98. The van der Waals surface area contributed by atoms with Crippen molar-refractivity contribution in [2.45, 2.75) is 37.8 Å². The van der Waals surface area contributed by atoms with Gasteiger partial charge in [0, 0.05) is 31.1 Å². The Morgan fingerprint density at radius 2 is 2.17 bits per heavy atom. The number of hydrogen-bond donors (Lipinski definition) is 0. The summed E-state index contributed by atoms with van der Waals surface area (Å²) in [6.07, 6.45) is 1.45. The van der Waals surface area contributed by atoms with E-state index in [0.29, 0.717) is 30.3 Å². The van der Waals surface area contributed by atoms with Crippen LogP contribution in [0.15, 0.2) is 28.5 Å². The standard InChI is InChI=1S/C17H26N2O3S2/c1-5-18(11-13(2)3)17(20)15-7-6-10-19(12-15)24(21,22)16-9-8-14(4)23-16/h8-9,15H,2,5-7,10-12H2,1,3-4H3. The molecule has 5 nitrogen and oxygen atoms in total. The second kappa shape index (κ2) is 7.80. The Balaban J connectivity index is 2.14. The second-order valence-electron chi connectivity index (χ2n) is 6.38. The zero-order valence-electron chi connectivity index (χ0n) is 14.6. The minimum absolute atomic E-state index is 0.0303. The molecule has 0 N–H and O–H groups in total. The molecule has 0 radical (unpaired) electrons. The third-order valence-electron chi connectivity index (χ3n) is 4.20. The highest BCUT2D eigenvalue weighted by atomic mass is 32.2. The SMILES string of the molecule is C=C(C)CN(CC)C(=O)C1CCCN(S(=O)(=O)c2ccc(C)s2)C1. The second-order valence-corrected chi connectivity index (χ2v) is 9.83.